The number of aromatic nitrogens is 2. The van der Waals surface area contributed by atoms with Gasteiger partial charge in [-0.05, 0) is 37.0 Å². The lowest BCUT2D eigenvalue weighted by atomic mass is 10.2. The molecule has 0 bridgehead atoms. The molecule has 1 aliphatic carbocycles. The summed E-state index contributed by atoms with van der Waals surface area (Å²) in [5.41, 5.74) is 9.41. The van der Waals surface area contributed by atoms with Gasteiger partial charge in [0.2, 0.25) is 5.91 Å². The molecule has 7 nitrogen and oxygen atoms in total. The highest BCUT2D eigenvalue weighted by molar-refractivity contribution is 5.77. The van der Waals surface area contributed by atoms with E-state index in [0.717, 1.165) is 30.6 Å². The van der Waals surface area contributed by atoms with Gasteiger partial charge in [-0.1, -0.05) is 18.2 Å². The molecule has 1 aromatic carbocycles. The number of fused-ring (bicyclic) bond motifs is 1. The number of urea groups is 1. The number of amides is 3. The topological polar surface area (TPSA) is 102 Å². The van der Waals surface area contributed by atoms with E-state index in [1.54, 1.807) is 0 Å². The van der Waals surface area contributed by atoms with Crippen molar-refractivity contribution >= 4 is 11.9 Å². The molecule has 1 heterocycles. The van der Waals surface area contributed by atoms with Gasteiger partial charge in [-0.15, -0.1) is 0 Å². The van der Waals surface area contributed by atoms with Crippen LogP contribution in [0.5, 0.6) is 0 Å². The van der Waals surface area contributed by atoms with E-state index in [-0.39, 0.29) is 18.9 Å². The third kappa shape index (κ3) is 3.56. The van der Waals surface area contributed by atoms with Crippen molar-refractivity contribution in [2.24, 2.45) is 5.73 Å². The maximum atomic E-state index is 11.8. The summed E-state index contributed by atoms with van der Waals surface area (Å²) in [4.78, 5) is 22.4. The Hall–Kier alpha value is -2.83. The quantitative estimate of drug-likeness (QED) is 0.738. The number of nitrogens with zero attached hydrogens (tertiary/aromatic N) is 2. The molecular weight excluding hydrogens is 306 g/mol. The van der Waals surface area contributed by atoms with E-state index in [1.807, 2.05) is 35.0 Å². The monoisotopic (exact) mass is 327 g/mol. The average Bonchev–Trinajstić information content (AvgIpc) is 3.16. The molecule has 7 heteroatoms. The SMILES string of the molecule is NC(=O)NCCC(=O)NCc1nn(-c2ccccc2)c2c1CCC2. The second-order valence-electron chi connectivity index (χ2n) is 5.79. The summed E-state index contributed by atoms with van der Waals surface area (Å²) >= 11 is 0. The van der Waals surface area contributed by atoms with Crippen LogP contribution >= 0.6 is 0 Å². The van der Waals surface area contributed by atoms with Crippen LogP contribution in [0.15, 0.2) is 30.3 Å². The van der Waals surface area contributed by atoms with Gasteiger partial charge in [0, 0.05) is 18.7 Å². The molecule has 0 saturated heterocycles. The molecule has 3 rings (SSSR count). The Morgan fingerprint density at radius 3 is 2.71 bits per heavy atom. The zero-order valence-corrected chi connectivity index (χ0v) is 13.4. The fraction of sp³-hybridized carbons (Fsp3) is 0.353. The van der Waals surface area contributed by atoms with Crippen molar-refractivity contribution in [1.29, 1.82) is 0 Å². The van der Waals surface area contributed by atoms with Crippen LogP contribution in [0, 0.1) is 0 Å². The normalized spacial score (nSPS) is 12.7. The molecule has 0 spiro atoms. The highest BCUT2D eigenvalue weighted by Gasteiger charge is 2.23. The number of para-hydroxylation sites is 1. The molecule has 0 radical (unpaired) electrons. The van der Waals surface area contributed by atoms with E-state index < -0.39 is 6.03 Å². The zero-order chi connectivity index (χ0) is 16.9. The van der Waals surface area contributed by atoms with Crippen LogP contribution in [0.2, 0.25) is 0 Å². The van der Waals surface area contributed by atoms with Crippen molar-refractivity contribution in [3.63, 3.8) is 0 Å². The molecule has 126 valence electrons. The Bertz CT molecular complexity index is 739. The highest BCUT2D eigenvalue weighted by atomic mass is 16.2. The third-order valence-corrected chi connectivity index (χ3v) is 4.12. The number of nitrogens with one attached hydrogen (secondary N) is 2. The van der Waals surface area contributed by atoms with Gasteiger partial charge in [0.05, 0.1) is 17.9 Å². The number of carbonyl (C=O) groups is 2. The minimum Gasteiger partial charge on any atom is -0.352 e. The van der Waals surface area contributed by atoms with E-state index in [4.69, 9.17) is 10.8 Å². The Balaban J connectivity index is 1.67. The number of carbonyl (C=O) groups excluding carboxylic acids is 2. The molecular formula is C17H21N5O2. The Morgan fingerprint density at radius 1 is 1.17 bits per heavy atom. The maximum Gasteiger partial charge on any atom is 0.312 e. The van der Waals surface area contributed by atoms with E-state index in [2.05, 4.69) is 10.6 Å². The molecule has 3 amide bonds. The average molecular weight is 327 g/mol. The van der Waals surface area contributed by atoms with E-state index in [0.29, 0.717) is 6.54 Å². The van der Waals surface area contributed by atoms with Gasteiger partial charge in [0.1, 0.15) is 0 Å². The molecule has 0 atom stereocenters. The summed E-state index contributed by atoms with van der Waals surface area (Å²) in [5.74, 6) is -0.134. The van der Waals surface area contributed by atoms with Crippen molar-refractivity contribution in [1.82, 2.24) is 20.4 Å². The molecule has 1 aromatic heterocycles. The van der Waals surface area contributed by atoms with Gasteiger partial charge in [-0.25, -0.2) is 9.48 Å². The smallest absolute Gasteiger partial charge is 0.312 e. The van der Waals surface area contributed by atoms with Gasteiger partial charge in [0.25, 0.3) is 0 Å². The van der Waals surface area contributed by atoms with Gasteiger partial charge < -0.3 is 16.4 Å². The van der Waals surface area contributed by atoms with Gasteiger partial charge in [-0.3, -0.25) is 4.79 Å². The van der Waals surface area contributed by atoms with Crippen LogP contribution in [-0.4, -0.2) is 28.3 Å². The van der Waals surface area contributed by atoms with Crippen LogP contribution in [-0.2, 0) is 24.2 Å². The van der Waals surface area contributed by atoms with E-state index in [1.165, 1.54) is 11.3 Å². The number of primary amides is 1. The lowest BCUT2D eigenvalue weighted by Gasteiger charge is -2.06. The van der Waals surface area contributed by atoms with Crippen molar-refractivity contribution in [3.05, 3.63) is 47.3 Å². The lowest BCUT2D eigenvalue weighted by molar-refractivity contribution is -0.121. The fourth-order valence-corrected chi connectivity index (χ4v) is 3.01. The molecule has 0 saturated carbocycles. The van der Waals surface area contributed by atoms with E-state index in [9.17, 15) is 9.59 Å². The van der Waals surface area contributed by atoms with Crippen molar-refractivity contribution in [2.75, 3.05) is 6.54 Å². The number of hydrogen-bond donors (Lipinski definition) is 3. The van der Waals surface area contributed by atoms with Crippen molar-refractivity contribution in [2.45, 2.75) is 32.2 Å². The minimum absolute atomic E-state index is 0.134. The Labute approximate surface area is 140 Å². The zero-order valence-electron chi connectivity index (χ0n) is 13.4. The molecule has 24 heavy (non-hydrogen) atoms. The fourth-order valence-electron chi connectivity index (χ4n) is 3.01. The van der Waals surface area contributed by atoms with Crippen molar-refractivity contribution in [3.8, 4) is 5.69 Å². The first kappa shape index (κ1) is 16.0. The molecule has 2 aromatic rings. The summed E-state index contributed by atoms with van der Waals surface area (Å²) in [6.07, 6.45) is 3.32. The number of hydrogen-bond acceptors (Lipinski definition) is 3. The predicted octanol–water partition coefficient (Wildman–Crippen LogP) is 1.04. The molecule has 0 aliphatic heterocycles. The summed E-state index contributed by atoms with van der Waals surface area (Å²) in [6, 6.07) is 9.40. The molecule has 1 aliphatic rings. The van der Waals surface area contributed by atoms with Gasteiger partial charge in [-0.2, -0.15) is 5.10 Å². The predicted molar refractivity (Wildman–Crippen MR) is 89.6 cm³/mol. The van der Waals surface area contributed by atoms with Crippen molar-refractivity contribution < 1.29 is 9.59 Å². The highest BCUT2D eigenvalue weighted by Crippen LogP contribution is 2.27. The Morgan fingerprint density at radius 2 is 1.96 bits per heavy atom. The minimum atomic E-state index is -0.623. The number of nitrogens with two attached hydrogens (primary N) is 1. The summed E-state index contributed by atoms with van der Waals surface area (Å²) < 4.78 is 1.98. The molecule has 0 fully saturated rings. The largest absolute Gasteiger partial charge is 0.352 e. The van der Waals surface area contributed by atoms with E-state index >= 15 is 0 Å². The first-order chi connectivity index (χ1) is 11.6. The van der Waals surface area contributed by atoms with Crippen LogP contribution in [0.1, 0.15) is 29.8 Å². The first-order valence-corrected chi connectivity index (χ1v) is 8.10. The molecule has 0 unspecified atom stereocenters. The number of rotatable bonds is 6. The third-order valence-electron chi connectivity index (χ3n) is 4.12. The summed E-state index contributed by atoms with van der Waals surface area (Å²) in [5, 5.41) is 9.96. The lowest BCUT2D eigenvalue weighted by Crippen LogP contribution is -2.33. The van der Waals surface area contributed by atoms with Crippen LogP contribution in [0.4, 0.5) is 4.79 Å². The van der Waals surface area contributed by atoms with Crippen LogP contribution in [0.3, 0.4) is 0 Å². The second kappa shape index (κ2) is 7.16. The maximum absolute atomic E-state index is 11.8. The Kier molecular flexibility index (Phi) is 4.79. The molecule has 4 N–H and O–H groups in total. The second-order valence-corrected chi connectivity index (χ2v) is 5.79. The first-order valence-electron chi connectivity index (χ1n) is 8.10. The van der Waals surface area contributed by atoms with Gasteiger partial charge in [0.15, 0.2) is 0 Å². The standard InChI is InChI=1S/C17H21N5O2/c18-17(24)19-10-9-16(23)20-11-14-13-7-4-8-15(13)22(21-14)12-5-2-1-3-6-12/h1-3,5-6H,4,7-11H2,(H,20,23)(H3,18,19,24). The van der Waals surface area contributed by atoms with Crippen LogP contribution < -0.4 is 16.4 Å². The summed E-state index contributed by atoms with van der Waals surface area (Å²) in [6.45, 7) is 0.634. The summed E-state index contributed by atoms with van der Waals surface area (Å²) in [7, 11) is 0. The van der Waals surface area contributed by atoms with Gasteiger partial charge >= 0.3 is 6.03 Å². The van der Waals surface area contributed by atoms with Crippen LogP contribution in [0.25, 0.3) is 5.69 Å². The number of benzene rings is 1.